The van der Waals surface area contributed by atoms with Gasteiger partial charge in [-0.3, -0.25) is 4.57 Å². The Morgan fingerprint density at radius 3 is 1.49 bits per heavy atom. The number of para-hydroxylation sites is 3. The molecule has 0 saturated heterocycles. The second kappa shape index (κ2) is 16.1. The van der Waals surface area contributed by atoms with E-state index in [4.69, 9.17) is 15.0 Å². The Balaban J connectivity index is 1.06. The van der Waals surface area contributed by atoms with Crippen LogP contribution in [-0.2, 0) is 0 Å². The summed E-state index contributed by atoms with van der Waals surface area (Å²) in [5, 5.41) is 17.3. The van der Waals surface area contributed by atoms with Gasteiger partial charge in [-0.2, -0.15) is 15.2 Å². The first kappa shape index (κ1) is 40.2. The third kappa shape index (κ3) is 6.40. The van der Waals surface area contributed by atoms with Crippen LogP contribution >= 0.6 is 0 Å². The number of rotatable bonds is 7. The summed E-state index contributed by atoms with van der Waals surface area (Å²) in [5.41, 5.74) is 14.7. The van der Waals surface area contributed by atoms with E-state index in [0.29, 0.717) is 28.7 Å². The summed E-state index contributed by atoms with van der Waals surface area (Å²) in [7, 11) is 0. The highest BCUT2D eigenvalue weighted by molar-refractivity contribution is 6.26. The molecule has 14 rings (SSSR count). The maximum absolute atomic E-state index is 10.6. The summed E-state index contributed by atoms with van der Waals surface area (Å²) in [6.45, 7) is 0. The van der Waals surface area contributed by atoms with Crippen molar-refractivity contribution in [1.29, 1.82) is 5.26 Å². The van der Waals surface area contributed by atoms with Crippen LogP contribution in [0.15, 0.2) is 237 Å². The third-order valence-electron chi connectivity index (χ3n) is 13.9. The summed E-state index contributed by atoms with van der Waals surface area (Å²) >= 11 is 0. The average Bonchev–Trinajstić information content (AvgIpc) is 4.09. The van der Waals surface area contributed by atoms with Gasteiger partial charge in [0.2, 0.25) is 5.95 Å². The van der Waals surface area contributed by atoms with Gasteiger partial charge in [-0.05, 0) is 95.1 Å². The number of nitrogens with zero attached hydrogens (tertiary/aromatic N) is 7. The molecule has 0 fully saturated rings. The number of fused-ring (bicyclic) bond motifs is 10. The molecule has 0 spiro atoms. The molecule has 0 saturated carbocycles. The number of benzene rings is 10. The van der Waals surface area contributed by atoms with E-state index in [0.717, 1.165) is 93.8 Å². The lowest BCUT2D eigenvalue weighted by Crippen LogP contribution is -2.08. The van der Waals surface area contributed by atoms with Crippen molar-refractivity contribution >= 4 is 65.4 Å². The van der Waals surface area contributed by atoms with E-state index >= 15 is 0 Å². The summed E-state index contributed by atoms with van der Waals surface area (Å²) in [6, 6.07) is 85.0. The van der Waals surface area contributed by atoms with E-state index in [1.807, 2.05) is 60.7 Å². The molecule has 71 heavy (non-hydrogen) atoms. The normalized spacial score (nSPS) is 11.6. The molecule has 7 nitrogen and oxygen atoms in total. The van der Waals surface area contributed by atoms with Crippen molar-refractivity contribution < 1.29 is 0 Å². The van der Waals surface area contributed by atoms with Gasteiger partial charge in [0.25, 0.3) is 0 Å². The van der Waals surface area contributed by atoms with Gasteiger partial charge in [-0.1, -0.05) is 164 Å². The van der Waals surface area contributed by atoms with E-state index < -0.39 is 0 Å². The van der Waals surface area contributed by atoms with Crippen LogP contribution in [0.3, 0.4) is 0 Å². The van der Waals surface area contributed by atoms with Gasteiger partial charge in [0.05, 0.1) is 50.4 Å². The fraction of sp³-hybridized carbons (Fsp3) is 0. The smallest absolute Gasteiger partial charge is 0.238 e. The molecule has 0 aliphatic rings. The van der Waals surface area contributed by atoms with Crippen LogP contribution in [0.5, 0.6) is 0 Å². The second-order valence-corrected chi connectivity index (χ2v) is 17.9. The van der Waals surface area contributed by atoms with E-state index in [2.05, 4.69) is 196 Å². The Morgan fingerprint density at radius 1 is 0.338 bits per heavy atom. The van der Waals surface area contributed by atoms with Crippen molar-refractivity contribution in [3.8, 4) is 68.4 Å². The Kier molecular flexibility index (Phi) is 9.13. The zero-order valence-electron chi connectivity index (χ0n) is 38.1. The lowest BCUT2D eigenvalue weighted by molar-refractivity contribution is 0.951. The minimum atomic E-state index is 0.447. The first-order chi connectivity index (χ1) is 35.2. The number of hydrogen-bond acceptors (Lipinski definition) is 4. The maximum atomic E-state index is 10.6. The molecular formula is C64H39N7. The van der Waals surface area contributed by atoms with Crippen LogP contribution in [0.25, 0.3) is 128 Å². The van der Waals surface area contributed by atoms with Crippen molar-refractivity contribution in [3.63, 3.8) is 0 Å². The summed E-state index contributed by atoms with van der Waals surface area (Å²) < 4.78 is 6.88. The lowest BCUT2D eigenvalue weighted by atomic mass is 10.0. The Morgan fingerprint density at radius 2 is 0.859 bits per heavy atom. The predicted molar refractivity (Wildman–Crippen MR) is 289 cm³/mol. The zero-order chi connectivity index (χ0) is 47.0. The predicted octanol–water partition coefficient (Wildman–Crippen LogP) is 15.7. The topological polar surface area (TPSA) is 77.2 Å². The zero-order valence-corrected chi connectivity index (χ0v) is 38.1. The van der Waals surface area contributed by atoms with E-state index in [-0.39, 0.29) is 0 Å². The molecule has 330 valence electrons. The van der Waals surface area contributed by atoms with Gasteiger partial charge in [0.1, 0.15) is 0 Å². The SMILES string of the molecule is N#Cc1ccc(-n2c3ccccc3c3c2ccc2c4ccccc4n(-c4ccccc4)c23)c(-c2nc(-c3ccccc3)nc(-n3c4ccc(-c5ccccc5)cc4c4cc(-c5ccccc5)ccc43)n2)c1. The van der Waals surface area contributed by atoms with Crippen LogP contribution in [0.2, 0.25) is 0 Å². The summed E-state index contributed by atoms with van der Waals surface area (Å²) in [6.07, 6.45) is 0. The second-order valence-electron chi connectivity index (χ2n) is 17.9. The highest BCUT2D eigenvalue weighted by atomic mass is 15.2. The minimum absolute atomic E-state index is 0.447. The highest BCUT2D eigenvalue weighted by Crippen LogP contribution is 2.44. The van der Waals surface area contributed by atoms with Crippen molar-refractivity contribution in [1.82, 2.24) is 28.7 Å². The van der Waals surface area contributed by atoms with Crippen molar-refractivity contribution in [2.45, 2.75) is 0 Å². The van der Waals surface area contributed by atoms with Gasteiger partial charge >= 0.3 is 0 Å². The number of hydrogen-bond donors (Lipinski definition) is 0. The van der Waals surface area contributed by atoms with Gasteiger partial charge in [0.15, 0.2) is 11.6 Å². The van der Waals surface area contributed by atoms with E-state index in [1.165, 1.54) is 10.8 Å². The first-order valence-corrected chi connectivity index (χ1v) is 23.7. The molecule has 10 aromatic carbocycles. The molecule has 0 N–H and O–H groups in total. The highest BCUT2D eigenvalue weighted by Gasteiger charge is 2.25. The van der Waals surface area contributed by atoms with Crippen molar-refractivity contribution in [2.75, 3.05) is 0 Å². The van der Waals surface area contributed by atoms with E-state index in [1.54, 1.807) is 0 Å². The fourth-order valence-electron chi connectivity index (χ4n) is 10.8. The Labute approximate surface area is 408 Å². The lowest BCUT2D eigenvalue weighted by Gasteiger charge is -2.16. The van der Waals surface area contributed by atoms with Gasteiger partial charge in [0, 0.05) is 49.1 Å². The summed E-state index contributed by atoms with van der Waals surface area (Å²) in [4.78, 5) is 16.1. The standard InChI is InChI=1S/C64H39N7/c65-40-41-29-33-58(70-55-28-16-14-26-50(55)60-59(70)36-32-49-48-25-13-15-27-54(48)69(61(49)60)47-23-11-4-12-24-47)53(37-41)63-66-62(44-21-9-3-10-22-44)67-64(68-63)71-56-34-30-45(42-17-5-1-6-18-42)38-51(56)52-39-46(31-35-57(52)71)43-19-7-2-8-20-43/h1-39H. The van der Waals surface area contributed by atoms with Crippen LogP contribution < -0.4 is 0 Å². The van der Waals surface area contributed by atoms with Crippen molar-refractivity contribution in [3.05, 3.63) is 242 Å². The van der Waals surface area contributed by atoms with E-state index in [9.17, 15) is 5.26 Å². The molecule has 14 aromatic rings. The fourth-order valence-corrected chi connectivity index (χ4v) is 10.8. The average molecular weight is 906 g/mol. The van der Waals surface area contributed by atoms with Crippen LogP contribution in [0.4, 0.5) is 0 Å². The molecule has 0 unspecified atom stereocenters. The molecule has 7 heteroatoms. The van der Waals surface area contributed by atoms with Gasteiger partial charge < -0.3 is 9.13 Å². The number of aromatic nitrogens is 6. The minimum Gasteiger partial charge on any atom is -0.309 e. The monoisotopic (exact) mass is 905 g/mol. The van der Waals surface area contributed by atoms with Crippen molar-refractivity contribution in [2.24, 2.45) is 0 Å². The molecule has 0 amide bonds. The molecule has 0 radical (unpaired) electrons. The molecule has 0 aliphatic carbocycles. The third-order valence-corrected chi connectivity index (χ3v) is 13.9. The molecule has 4 aromatic heterocycles. The molecular weight excluding hydrogens is 867 g/mol. The maximum Gasteiger partial charge on any atom is 0.238 e. The first-order valence-electron chi connectivity index (χ1n) is 23.7. The quantitative estimate of drug-likeness (QED) is 0.160. The molecule has 0 bridgehead atoms. The van der Waals surface area contributed by atoms with Gasteiger partial charge in [-0.25, -0.2) is 4.98 Å². The Bertz CT molecular complexity index is 4350. The molecule has 4 heterocycles. The van der Waals surface area contributed by atoms with Crippen LogP contribution in [-0.4, -0.2) is 28.7 Å². The summed E-state index contributed by atoms with van der Waals surface area (Å²) in [5.74, 6) is 1.44. The van der Waals surface area contributed by atoms with Crippen LogP contribution in [0, 0.1) is 11.3 Å². The Hall–Kier alpha value is -9.90. The molecule has 0 atom stereocenters. The van der Waals surface area contributed by atoms with Crippen LogP contribution in [0.1, 0.15) is 5.56 Å². The molecule has 0 aliphatic heterocycles. The number of nitriles is 1. The van der Waals surface area contributed by atoms with Gasteiger partial charge in [-0.15, -0.1) is 0 Å². The largest absolute Gasteiger partial charge is 0.309 e.